The maximum absolute atomic E-state index is 12.9. The van der Waals surface area contributed by atoms with Gasteiger partial charge in [-0.25, -0.2) is 13.4 Å². The molecule has 0 aliphatic carbocycles. The predicted molar refractivity (Wildman–Crippen MR) is 112 cm³/mol. The van der Waals surface area contributed by atoms with Crippen LogP contribution in [-0.4, -0.2) is 26.4 Å². The number of hydrogen-bond donors (Lipinski definition) is 1. The van der Waals surface area contributed by atoms with Crippen molar-refractivity contribution in [1.29, 1.82) is 0 Å². The van der Waals surface area contributed by atoms with Crippen molar-refractivity contribution in [2.45, 2.75) is 18.4 Å². The summed E-state index contributed by atoms with van der Waals surface area (Å²) >= 11 is 7.46. The van der Waals surface area contributed by atoms with E-state index in [-0.39, 0.29) is 22.9 Å². The summed E-state index contributed by atoms with van der Waals surface area (Å²) in [4.78, 5) is 16.7. The van der Waals surface area contributed by atoms with Crippen LogP contribution >= 0.6 is 22.9 Å². The highest BCUT2D eigenvalue weighted by Crippen LogP contribution is 2.25. The number of carbonyl (C=O) groups excluding carboxylic acids is 1. The van der Waals surface area contributed by atoms with Crippen LogP contribution in [0.15, 0.2) is 58.8 Å². The number of nitrogens with zero attached hydrogens (tertiary/aromatic N) is 2. The molecule has 0 saturated carbocycles. The molecule has 0 unspecified atom stereocenters. The molecule has 1 amide bonds. The van der Waals surface area contributed by atoms with Gasteiger partial charge in [-0.2, -0.15) is 0 Å². The van der Waals surface area contributed by atoms with Gasteiger partial charge in [-0.1, -0.05) is 23.7 Å². The fraction of sp³-hybridized carbons (Fsp3) is 0.158. The molecule has 1 heterocycles. The largest absolute Gasteiger partial charge is 0.346 e. The van der Waals surface area contributed by atoms with Crippen LogP contribution in [0, 0.1) is 6.92 Å². The van der Waals surface area contributed by atoms with E-state index in [1.807, 2.05) is 12.3 Å². The highest BCUT2D eigenvalue weighted by molar-refractivity contribution is 7.92. The normalized spacial score (nSPS) is 11.2. The predicted octanol–water partition coefficient (Wildman–Crippen LogP) is 3.86. The highest BCUT2D eigenvalue weighted by atomic mass is 35.5. The molecular weight excluding hydrogens is 418 g/mol. The van der Waals surface area contributed by atoms with Gasteiger partial charge in [0.2, 0.25) is 0 Å². The quantitative estimate of drug-likeness (QED) is 0.637. The van der Waals surface area contributed by atoms with Crippen LogP contribution in [0.5, 0.6) is 0 Å². The molecule has 0 atom stereocenters. The van der Waals surface area contributed by atoms with Crippen molar-refractivity contribution < 1.29 is 13.2 Å². The minimum Gasteiger partial charge on any atom is -0.346 e. The summed E-state index contributed by atoms with van der Waals surface area (Å²) in [5.74, 6) is -0.367. The Morgan fingerprint density at radius 2 is 1.96 bits per heavy atom. The van der Waals surface area contributed by atoms with Crippen molar-refractivity contribution in [1.82, 2.24) is 10.3 Å². The van der Waals surface area contributed by atoms with Crippen LogP contribution in [0.2, 0.25) is 5.02 Å². The van der Waals surface area contributed by atoms with E-state index >= 15 is 0 Å². The molecule has 6 nitrogen and oxygen atoms in total. The Bertz CT molecular complexity index is 1110. The number of hydrogen-bond acceptors (Lipinski definition) is 5. The molecular formula is C19H18ClN3O3S2. The van der Waals surface area contributed by atoms with Crippen molar-refractivity contribution in [3.05, 3.63) is 75.2 Å². The van der Waals surface area contributed by atoms with E-state index in [0.717, 1.165) is 15.0 Å². The van der Waals surface area contributed by atoms with E-state index in [0.29, 0.717) is 10.7 Å². The smallest absolute Gasteiger partial charge is 0.264 e. The molecule has 28 heavy (non-hydrogen) atoms. The fourth-order valence-corrected chi connectivity index (χ4v) is 4.56. The molecule has 0 fully saturated rings. The standard InChI is InChI=1S/C19H18ClN3O3S2/c1-13-22-16(12-27-13)11-21-19(24)14-5-3-8-18(9-14)28(25,26)23(2)17-7-4-6-15(20)10-17/h3-10,12H,11H2,1-2H3,(H,21,24). The Morgan fingerprint density at radius 3 is 2.64 bits per heavy atom. The van der Waals surface area contributed by atoms with Crippen molar-refractivity contribution in [3.8, 4) is 0 Å². The van der Waals surface area contributed by atoms with Crippen LogP contribution in [0.4, 0.5) is 5.69 Å². The van der Waals surface area contributed by atoms with Crippen LogP contribution in [0.25, 0.3) is 0 Å². The number of aromatic nitrogens is 1. The van der Waals surface area contributed by atoms with Crippen molar-refractivity contribution in [3.63, 3.8) is 0 Å². The molecule has 3 rings (SSSR count). The van der Waals surface area contributed by atoms with E-state index in [4.69, 9.17) is 11.6 Å². The first-order valence-electron chi connectivity index (χ1n) is 8.31. The molecule has 0 aliphatic heterocycles. The van der Waals surface area contributed by atoms with Crippen LogP contribution < -0.4 is 9.62 Å². The summed E-state index contributed by atoms with van der Waals surface area (Å²) in [7, 11) is -2.40. The molecule has 0 radical (unpaired) electrons. The number of sulfonamides is 1. The third-order valence-electron chi connectivity index (χ3n) is 4.02. The molecule has 146 valence electrons. The third kappa shape index (κ3) is 4.52. The summed E-state index contributed by atoms with van der Waals surface area (Å²) in [6, 6.07) is 12.5. The van der Waals surface area contributed by atoms with Gasteiger partial charge in [0.15, 0.2) is 0 Å². The first-order valence-corrected chi connectivity index (χ1v) is 11.0. The third-order valence-corrected chi connectivity index (χ3v) is 6.86. The van der Waals surface area contributed by atoms with Gasteiger partial charge >= 0.3 is 0 Å². The van der Waals surface area contributed by atoms with Crippen molar-refractivity contribution in [2.24, 2.45) is 0 Å². The zero-order chi connectivity index (χ0) is 20.3. The number of nitrogens with one attached hydrogen (secondary N) is 1. The number of halogens is 1. The van der Waals surface area contributed by atoms with Crippen LogP contribution in [-0.2, 0) is 16.6 Å². The van der Waals surface area contributed by atoms with Crippen molar-refractivity contribution in [2.75, 3.05) is 11.4 Å². The SMILES string of the molecule is Cc1nc(CNC(=O)c2cccc(S(=O)(=O)N(C)c3cccc(Cl)c3)c2)cs1. The molecule has 1 aromatic heterocycles. The Labute approximate surface area is 172 Å². The molecule has 3 aromatic rings. The Morgan fingerprint density at radius 1 is 1.21 bits per heavy atom. The van der Waals surface area contributed by atoms with E-state index in [9.17, 15) is 13.2 Å². The molecule has 2 aromatic carbocycles. The number of amides is 1. The number of anilines is 1. The number of aryl methyl sites for hydroxylation is 1. The molecule has 0 saturated heterocycles. The van der Waals surface area contributed by atoms with Crippen LogP contribution in [0.3, 0.4) is 0 Å². The maximum atomic E-state index is 12.9. The van der Waals surface area contributed by atoms with Gasteiger partial charge in [0.05, 0.1) is 27.8 Å². The average Bonchev–Trinajstić information content (AvgIpc) is 3.10. The van der Waals surface area contributed by atoms with E-state index in [2.05, 4.69) is 10.3 Å². The minimum absolute atomic E-state index is 0.0205. The Hall–Kier alpha value is -2.42. The first kappa shape index (κ1) is 20.3. The zero-order valence-corrected chi connectivity index (χ0v) is 17.6. The van der Waals surface area contributed by atoms with Gasteiger partial charge in [-0.3, -0.25) is 9.10 Å². The summed E-state index contributed by atoms with van der Waals surface area (Å²) in [5, 5.41) is 5.98. The summed E-state index contributed by atoms with van der Waals surface area (Å²) in [6.07, 6.45) is 0. The lowest BCUT2D eigenvalue weighted by Crippen LogP contribution is -2.27. The van der Waals surface area contributed by atoms with Gasteiger partial charge in [0.1, 0.15) is 0 Å². The molecule has 0 bridgehead atoms. The summed E-state index contributed by atoms with van der Waals surface area (Å²) in [6.45, 7) is 2.17. The Balaban J connectivity index is 1.80. The average molecular weight is 436 g/mol. The molecule has 0 spiro atoms. The number of benzene rings is 2. The van der Waals surface area contributed by atoms with Gasteiger partial charge < -0.3 is 5.32 Å². The summed E-state index contributed by atoms with van der Waals surface area (Å²) < 4.78 is 27.0. The van der Waals surface area contributed by atoms with E-state index in [1.54, 1.807) is 36.4 Å². The maximum Gasteiger partial charge on any atom is 0.264 e. The fourth-order valence-electron chi connectivity index (χ4n) is 2.53. The molecule has 9 heteroatoms. The Kier molecular flexibility index (Phi) is 6.02. The second-order valence-corrected chi connectivity index (χ2v) is 9.49. The highest BCUT2D eigenvalue weighted by Gasteiger charge is 2.22. The first-order chi connectivity index (χ1) is 13.3. The molecule has 0 aliphatic rings. The van der Waals surface area contributed by atoms with Gasteiger partial charge in [-0.05, 0) is 43.3 Å². The second-order valence-electron chi connectivity index (χ2n) is 6.02. The van der Waals surface area contributed by atoms with Gasteiger partial charge in [-0.15, -0.1) is 11.3 Å². The lowest BCUT2D eigenvalue weighted by Gasteiger charge is -2.20. The lowest BCUT2D eigenvalue weighted by atomic mass is 10.2. The number of carbonyl (C=O) groups is 1. The lowest BCUT2D eigenvalue weighted by molar-refractivity contribution is 0.0950. The summed E-state index contributed by atoms with van der Waals surface area (Å²) in [5.41, 5.74) is 1.45. The zero-order valence-electron chi connectivity index (χ0n) is 15.2. The van der Waals surface area contributed by atoms with Crippen LogP contribution in [0.1, 0.15) is 21.1 Å². The minimum atomic E-state index is -3.84. The molecule has 1 N–H and O–H groups in total. The second kappa shape index (κ2) is 8.30. The van der Waals surface area contributed by atoms with Crippen molar-refractivity contribution >= 4 is 44.6 Å². The van der Waals surface area contributed by atoms with Gasteiger partial charge in [0, 0.05) is 23.0 Å². The van der Waals surface area contributed by atoms with Gasteiger partial charge in [0.25, 0.3) is 15.9 Å². The van der Waals surface area contributed by atoms with E-state index < -0.39 is 10.0 Å². The number of thiazole rings is 1. The van der Waals surface area contributed by atoms with E-state index in [1.165, 1.54) is 30.5 Å². The monoisotopic (exact) mass is 435 g/mol. The number of rotatable bonds is 6. The topological polar surface area (TPSA) is 79.4 Å².